The van der Waals surface area contributed by atoms with Crippen molar-refractivity contribution in [2.45, 2.75) is 6.92 Å². The monoisotopic (exact) mass is 348 g/mol. The highest BCUT2D eigenvalue weighted by molar-refractivity contribution is 7.16. The number of rotatable bonds is 2. The van der Waals surface area contributed by atoms with E-state index in [1.165, 1.54) is 17.4 Å². The highest BCUT2D eigenvalue weighted by Crippen LogP contribution is 2.25. The lowest BCUT2D eigenvalue weighted by molar-refractivity contribution is -0.113. The third-order valence-electron chi connectivity index (χ3n) is 3.19. The second kappa shape index (κ2) is 6.20. The molecule has 0 saturated carbocycles. The van der Waals surface area contributed by atoms with Crippen LogP contribution >= 0.6 is 34.3 Å². The predicted octanol–water partition coefficient (Wildman–Crippen LogP) is 4.40. The minimum absolute atomic E-state index is 0.265. The van der Waals surface area contributed by atoms with Crippen molar-refractivity contribution >= 4 is 56.5 Å². The van der Waals surface area contributed by atoms with E-state index >= 15 is 0 Å². The zero-order valence-corrected chi connectivity index (χ0v) is 14.4. The largest absolute Gasteiger partial charge is 0.319 e. The average molecular weight is 349 g/mol. The van der Waals surface area contributed by atoms with Crippen molar-refractivity contribution in [1.29, 1.82) is 0 Å². The summed E-state index contributed by atoms with van der Waals surface area (Å²) in [7, 11) is 1.91. The Morgan fingerprint density at radius 3 is 2.95 bits per heavy atom. The van der Waals surface area contributed by atoms with Crippen molar-refractivity contribution in [2.75, 3.05) is 0 Å². The van der Waals surface area contributed by atoms with Gasteiger partial charge in [0.2, 0.25) is 0 Å². The van der Waals surface area contributed by atoms with Crippen LogP contribution in [-0.4, -0.2) is 10.5 Å². The zero-order valence-electron chi connectivity index (χ0n) is 12.0. The Balaban J connectivity index is 2.01. The quantitative estimate of drug-likeness (QED) is 0.632. The van der Waals surface area contributed by atoms with Crippen molar-refractivity contribution < 1.29 is 4.79 Å². The maximum atomic E-state index is 12.0. The molecule has 0 aliphatic rings. The summed E-state index contributed by atoms with van der Waals surface area (Å²) < 4.78 is 2.96. The van der Waals surface area contributed by atoms with E-state index in [0.29, 0.717) is 9.82 Å². The van der Waals surface area contributed by atoms with Crippen molar-refractivity contribution in [3.63, 3.8) is 0 Å². The van der Waals surface area contributed by atoms with Crippen LogP contribution in [0.15, 0.2) is 40.7 Å². The summed E-state index contributed by atoms with van der Waals surface area (Å²) in [5.74, 6) is -0.265. The van der Waals surface area contributed by atoms with Gasteiger partial charge in [0.1, 0.15) is 0 Å². The fourth-order valence-corrected chi connectivity index (χ4v) is 4.34. The van der Waals surface area contributed by atoms with Gasteiger partial charge in [-0.15, -0.1) is 11.3 Å². The molecule has 112 valence electrons. The van der Waals surface area contributed by atoms with Crippen LogP contribution < -0.4 is 4.80 Å². The van der Waals surface area contributed by atoms with Gasteiger partial charge < -0.3 is 4.57 Å². The zero-order chi connectivity index (χ0) is 15.7. The Morgan fingerprint density at radius 2 is 2.23 bits per heavy atom. The topological polar surface area (TPSA) is 34.4 Å². The number of hydrogen-bond donors (Lipinski definition) is 0. The van der Waals surface area contributed by atoms with E-state index in [0.717, 1.165) is 20.7 Å². The van der Waals surface area contributed by atoms with Crippen LogP contribution in [0.3, 0.4) is 0 Å². The third-order valence-corrected chi connectivity index (χ3v) is 5.33. The summed E-state index contributed by atoms with van der Waals surface area (Å²) in [5, 5.41) is 2.67. The molecule has 0 radical (unpaired) electrons. The fraction of sp³-hybridized carbons (Fsp3) is 0.125. The first-order valence-corrected chi connectivity index (χ1v) is 8.68. The Kier molecular flexibility index (Phi) is 4.29. The molecular weight excluding hydrogens is 336 g/mol. The molecule has 2 heterocycles. The third kappa shape index (κ3) is 3.06. The molecule has 3 aromatic rings. The first-order valence-electron chi connectivity index (χ1n) is 6.60. The molecule has 0 atom stereocenters. The molecule has 0 fully saturated rings. The van der Waals surface area contributed by atoms with Crippen LogP contribution in [0.25, 0.3) is 16.3 Å². The molecular formula is C16H13ClN2OS2. The summed E-state index contributed by atoms with van der Waals surface area (Å²) in [6, 6.07) is 7.72. The molecule has 3 nitrogen and oxygen atoms in total. The van der Waals surface area contributed by atoms with Crippen molar-refractivity contribution in [1.82, 2.24) is 4.57 Å². The maximum absolute atomic E-state index is 12.0. The number of aromatic nitrogens is 1. The molecule has 0 saturated heterocycles. The number of thiophene rings is 1. The van der Waals surface area contributed by atoms with Gasteiger partial charge in [0.05, 0.1) is 10.2 Å². The second-order valence-corrected chi connectivity index (χ2v) is 7.24. The Hall–Kier alpha value is -1.69. The number of hydrogen-bond acceptors (Lipinski definition) is 3. The van der Waals surface area contributed by atoms with Gasteiger partial charge in [0.25, 0.3) is 5.91 Å². The van der Waals surface area contributed by atoms with E-state index in [4.69, 9.17) is 11.6 Å². The van der Waals surface area contributed by atoms with Gasteiger partial charge in [-0.05, 0) is 42.1 Å². The standard InChI is InChI=1S/C16H13ClN2OS2/c1-10-8-11(17)9-13-15(10)19(2)16(22-13)18-14(20)6-5-12-4-3-7-21-12/h3-9H,1-2H3/b6-5+,18-16?. The lowest BCUT2D eigenvalue weighted by Gasteiger charge is -2.00. The highest BCUT2D eigenvalue weighted by Gasteiger charge is 2.07. The van der Waals surface area contributed by atoms with E-state index in [-0.39, 0.29) is 5.91 Å². The Bertz CT molecular complexity index is 933. The van der Waals surface area contributed by atoms with Crippen LogP contribution in [0.1, 0.15) is 10.4 Å². The molecule has 0 aliphatic heterocycles. The van der Waals surface area contributed by atoms with Gasteiger partial charge in [-0.2, -0.15) is 4.99 Å². The summed E-state index contributed by atoms with van der Waals surface area (Å²) in [6.07, 6.45) is 3.28. The molecule has 1 amide bonds. The Morgan fingerprint density at radius 1 is 1.41 bits per heavy atom. The fourth-order valence-electron chi connectivity index (χ4n) is 2.24. The van der Waals surface area contributed by atoms with Gasteiger partial charge in [-0.25, -0.2) is 0 Å². The predicted molar refractivity (Wildman–Crippen MR) is 94.5 cm³/mol. The number of thiazole rings is 1. The van der Waals surface area contributed by atoms with Crippen molar-refractivity contribution in [3.8, 4) is 0 Å². The van der Waals surface area contributed by atoms with Gasteiger partial charge in [0, 0.05) is 23.0 Å². The summed E-state index contributed by atoms with van der Waals surface area (Å²) >= 11 is 9.14. The van der Waals surface area contributed by atoms with Crippen LogP contribution in [0, 0.1) is 6.92 Å². The molecule has 6 heteroatoms. The average Bonchev–Trinajstić information content (AvgIpc) is 3.05. The number of aryl methyl sites for hydroxylation is 2. The molecule has 0 spiro atoms. The van der Waals surface area contributed by atoms with Crippen LogP contribution in [0.4, 0.5) is 0 Å². The van der Waals surface area contributed by atoms with Gasteiger partial charge in [-0.1, -0.05) is 29.0 Å². The van der Waals surface area contributed by atoms with Gasteiger partial charge in [-0.3, -0.25) is 4.79 Å². The molecule has 0 aliphatic carbocycles. The van der Waals surface area contributed by atoms with E-state index in [1.54, 1.807) is 17.4 Å². The van der Waals surface area contributed by atoms with Crippen molar-refractivity contribution in [2.24, 2.45) is 12.0 Å². The number of carbonyl (C=O) groups excluding carboxylic acids is 1. The first-order chi connectivity index (χ1) is 10.5. The SMILES string of the molecule is Cc1cc(Cl)cc2sc(=NC(=O)/C=C/c3cccs3)n(C)c12. The highest BCUT2D eigenvalue weighted by atomic mass is 35.5. The molecule has 2 aromatic heterocycles. The Labute approximate surface area is 140 Å². The minimum atomic E-state index is -0.265. The normalized spacial score (nSPS) is 12.6. The summed E-state index contributed by atoms with van der Waals surface area (Å²) in [4.78, 5) is 17.9. The lowest BCUT2D eigenvalue weighted by Crippen LogP contribution is -2.12. The van der Waals surface area contributed by atoms with Gasteiger partial charge in [0.15, 0.2) is 4.80 Å². The van der Waals surface area contributed by atoms with E-state index in [2.05, 4.69) is 4.99 Å². The molecule has 3 rings (SSSR count). The van der Waals surface area contributed by atoms with Crippen LogP contribution in [0.2, 0.25) is 5.02 Å². The summed E-state index contributed by atoms with van der Waals surface area (Å²) in [6.45, 7) is 2.00. The first kappa shape index (κ1) is 15.2. The minimum Gasteiger partial charge on any atom is -0.319 e. The smallest absolute Gasteiger partial charge is 0.272 e. The number of nitrogens with zero attached hydrogens (tertiary/aromatic N) is 2. The molecule has 0 N–H and O–H groups in total. The lowest BCUT2D eigenvalue weighted by atomic mass is 10.2. The number of carbonyl (C=O) groups is 1. The summed E-state index contributed by atoms with van der Waals surface area (Å²) in [5.41, 5.74) is 2.13. The van der Waals surface area contributed by atoms with Crippen molar-refractivity contribution in [3.05, 3.63) is 56.0 Å². The second-order valence-electron chi connectivity index (χ2n) is 4.81. The van der Waals surface area contributed by atoms with Crippen LogP contribution in [-0.2, 0) is 11.8 Å². The molecule has 1 aromatic carbocycles. The van der Waals surface area contributed by atoms with Crippen LogP contribution in [0.5, 0.6) is 0 Å². The molecule has 22 heavy (non-hydrogen) atoms. The van der Waals surface area contributed by atoms with E-state index in [9.17, 15) is 4.79 Å². The number of amides is 1. The van der Waals surface area contributed by atoms with E-state index < -0.39 is 0 Å². The molecule has 0 bridgehead atoms. The van der Waals surface area contributed by atoms with Gasteiger partial charge >= 0.3 is 0 Å². The van der Waals surface area contributed by atoms with E-state index in [1.807, 2.05) is 48.2 Å². The number of benzene rings is 1. The number of fused-ring (bicyclic) bond motifs is 1. The maximum Gasteiger partial charge on any atom is 0.272 e. The molecule has 0 unspecified atom stereocenters. The number of halogens is 1.